The molecular formula is C16H14N2O3S2. The number of fused-ring (bicyclic) bond motifs is 1. The number of nitrogens with zero attached hydrogens (tertiary/aromatic N) is 2. The second kappa shape index (κ2) is 6.17. The fourth-order valence-electron chi connectivity index (χ4n) is 2.20. The van der Waals surface area contributed by atoms with E-state index in [1.165, 1.54) is 17.4 Å². The van der Waals surface area contributed by atoms with E-state index in [9.17, 15) is 13.2 Å². The topological polar surface area (TPSA) is 77.0 Å². The van der Waals surface area contributed by atoms with E-state index in [-0.39, 0.29) is 16.3 Å². The minimum Gasteiger partial charge on any atom is -0.267 e. The van der Waals surface area contributed by atoms with Crippen LogP contribution in [0.25, 0.3) is 20.8 Å². The highest BCUT2D eigenvalue weighted by Gasteiger charge is 2.16. The van der Waals surface area contributed by atoms with Gasteiger partial charge in [0.05, 0.1) is 11.1 Å². The first kappa shape index (κ1) is 15.8. The van der Waals surface area contributed by atoms with Crippen molar-refractivity contribution in [3.8, 4) is 10.7 Å². The summed E-state index contributed by atoms with van der Waals surface area (Å²) < 4.78 is 25.1. The number of sulfone groups is 1. The van der Waals surface area contributed by atoms with Gasteiger partial charge in [0.1, 0.15) is 10.7 Å². The molecule has 0 N–H and O–H groups in total. The van der Waals surface area contributed by atoms with Crippen molar-refractivity contribution in [2.75, 3.05) is 5.75 Å². The van der Waals surface area contributed by atoms with E-state index in [0.29, 0.717) is 22.5 Å². The normalized spacial score (nSPS) is 11.7. The fourth-order valence-corrected chi connectivity index (χ4v) is 4.44. The Morgan fingerprint density at radius 1 is 1.04 bits per heavy atom. The maximum atomic E-state index is 12.2. The van der Waals surface area contributed by atoms with Gasteiger partial charge >= 0.3 is 0 Å². The summed E-state index contributed by atoms with van der Waals surface area (Å²) in [5, 5.41) is 0.990. The van der Waals surface area contributed by atoms with Crippen molar-refractivity contribution in [1.29, 1.82) is 0 Å². The standard InChI is InChI=1S/C16H14N2O3S2/c1-2-10-23(20,21)14-9-5-7-12(17-14)16-18-15(19)11-6-3-4-8-13(11)22-16/h3-9H,2,10H2,1H3. The molecule has 0 aliphatic carbocycles. The molecule has 1 aromatic carbocycles. The average Bonchev–Trinajstić information content (AvgIpc) is 2.55. The summed E-state index contributed by atoms with van der Waals surface area (Å²) in [5.74, 6) is 0.0465. The predicted octanol–water partition coefficient (Wildman–Crippen LogP) is 2.90. The van der Waals surface area contributed by atoms with E-state index < -0.39 is 9.84 Å². The smallest absolute Gasteiger partial charge is 0.267 e. The zero-order valence-corrected chi connectivity index (χ0v) is 14.0. The Labute approximate surface area is 137 Å². The molecule has 0 aliphatic heterocycles. The van der Waals surface area contributed by atoms with Gasteiger partial charge in [0, 0.05) is 4.70 Å². The number of hydrogen-bond acceptors (Lipinski definition) is 6. The third kappa shape index (κ3) is 3.16. The third-order valence-electron chi connectivity index (χ3n) is 3.26. The molecule has 5 nitrogen and oxygen atoms in total. The first-order valence-corrected chi connectivity index (χ1v) is 9.58. The summed E-state index contributed by atoms with van der Waals surface area (Å²) in [6.45, 7) is 1.80. The van der Waals surface area contributed by atoms with Gasteiger partial charge in [-0.3, -0.25) is 4.79 Å². The second-order valence-electron chi connectivity index (χ2n) is 5.00. The Hall–Kier alpha value is -2.12. The average molecular weight is 346 g/mol. The molecule has 0 saturated heterocycles. The lowest BCUT2D eigenvalue weighted by atomic mass is 10.3. The molecule has 0 unspecified atom stereocenters. The van der Waals surface area contributed by atoms with E-state index >= 15 is 0 Å². The van der Waals surface area contributed by atoms with E-state index in [1.807, 2.05) is 12.1 Å². The summed E-state index contributed by atoms with van der Waals surface area (Å²) in [5.41, 5.74) is 0.0630. The fraction of sp³-hybridized carbons (Fsp3) is 0.188. The summed E-state index contributed by atoms with van der Waals surface area (Å²) >= 11 is 1.32. The molecular weight excluding hydrogens is 332 g/mol. The van der Waals surface area contributed by atoms with Crippen LogP contribution in [0.2, 0.25) is 0 Å². The highest BCUT2D eigenvalue weighted by atomic mass is 32.2. The lowest BCUT2D eigenvalue weighted by molar-refractivity contribution is 0.591. The highest BCUT2D eigenvalue weighted by Crippen LogP contribution is 2.25. The Morgan fingerprint density at radius 3 is 2.61 bits per heavy atom. The van der Waals surface area contributed by atoms with Crippen LogP contribution in [0.4, 0.5) is 0 Å². The van der Waals surface area contributed by atoms with E-state index in [1.54, 1.807) is 31.2 Å². The van der Waals surface area contributed by atoms with Gasteiger partial charge in [-0.2, -0.15) is 4.98 Å². The minimum absolute atomic E-state index is 0.0199. The van der Waals surface area contributed by atoms with E-state index in [2.05, 4.69) is 9.97 Å². The van der Waals surface area contributed by atoms with Crippen LogP contribution in [0.15, 0.2) is 52.3 Å². The van der Waals surface area contributed by atoms with Gasteiger partial charge in [-0.1, -0.05) is 25.1 Å². The van der Waals surface area contributed by atoms with Crippen LogP contribution in [0.3, 0.4) is 0 Å². The van der Waals surface area contributed by atoms with Gasteiger partial charge in [-0.25, -0.2) is 13.4 Å². The van der Waals surface area contributed by atoms with Gasteiger partial charge in [0.15, 0.2) is 14.9 Å². The summed E-state index contributed by atoms with van der Waals surface area (Å²) in [6.07, 6.45) is 0.524. The summed E-state index contributed by atoms with van der Waals surface area (Å²) in [4.78, 5) is 20.4. The van der Waals surface area contributed by atoms with Crippen molar-refractivity contribution < 1.29 is 8.42 Å². The Balaban J connectivity index is 2.15. The first-order valence-electron chi connectivity index (χ1n) is 7.11. The highest BCUT2D eigenvalue weighted by molar-refractivity contribution is 7.91. The Morgan fingerprint density at radius 2 is 1.83 bits per heavy atom. The molecule has 0 spiro atoms. The van der Waals surface area contributed by atoms with Crippen LogP contribution in [0, 0.1) is 0 Å². The molecule has 0 amide bonds. The molecule has 0 aliphatic rings. The maximum Gasteiger partial charge on any atom is 0.279 e. The van der Waals surface area contributed by atoms with Crippen molar-refractivity contribution in [3.63, 3.8) is 0 Å². The molecule has 118 valence electrons. The van der Waals surface area contributed by atoms with Crippen LogP contribution in [0.1, 0.15) is 13.3 Å². The third-order valence-corrected chi connectivity index (χ3v) is 6.14. The van der Waals surface area contributed by atoms with Crippen molar-refractivity contribution in [2.45, 2.75) is 18.4 Å². The maximum absolute atomic E-state index is 12.2. The van der Waals surface area contributed by atoms with Gasteiger partial charge in [0.25, 0.3) is 5.56 Å². The molecule has 2 heterocycles. The number of rotatable bonds is 4. The van der Waals surface area contributed by atoms with E-state index in [4.69, 9.17) is 0 Å². The van der Waals surface area contributed by atoms with Crippen molar-refractivity contribution in [1.82, 2.24) is 9.97 Å². The lowest BCUT2D eigenvalue weighted by Gasteiger charge is -2.05. The molecule has 0 bridgehead atoms. The predicted molar refractivity (Wildman–Crippen MR) is 91.5 cm³/mol. The van der Waals surface area contributed by atoms with Crippen LogP contribution >= 0.6 is 11.3 Å². The zero-order valence-electron chi connectivity index (χ0n) is 12.4. The van der Waals surface area contributed by atoms with Crippen LogP contribution in [-0.2, 0) is 9.84 Å². The van der Waals surface area contributed by atoms with Crippen molar-refractivity contribution in [2.24, 2.45) is 0 Å². The molecule has 23 heavy (non-hydrogen) atoms. The summed E-state index contributed by atoms with van der Waals surface area (Å²) in [6, 6.07) is 12.0. The lowest BCUT2D eigenvalue weighted by Crippen LogP contribution is -2.09. The molecule has 0 atom stereocenters. The zero-order chi connectivity index (χ0) is 16.4. The van der Waals surface area contributed by atoms with Crippen LogP contribution < -0.4 is 5.56 Å². The number of aromatic nitrogens is 2. The van der Waals surface area contributed by atoms with Crippen molar-refractivity contribution in [3.05, 3.63) is 52.8 Å². The summed E-state index contributed by atoms with van der Waals surface area (Å²) in [7, 11) is -3.41. The molecule has 0 fully saturated rings. The Bertz CT molecular complexity index is 1030. The molecule has 7 heteroatoms. The molecule has 3 aromatic rings. The monoisotopic (exact) mass is 346 g/mol. The number of hydrogen-bond donors (Lipinski definition) is 0. The molecule has 0 radical (unpaired) electrons. The van der Waals surface area contributed by atoms with Gasteiger partial charge < -0.3 is 0 Å². The number of benzene rings is 1. The van der Waals surface area contributed by atoms with Crippen molar-refractivity contribution >= 4 is 31.3 Å². The largest absolute Gasteiger partial charge is 0.279 e. The molecule has 2 aromatic heterocycles. The van der Waals surface area contributed by atoms with Crippen LogP contribution in [0.5, 0.6) is 0 Å². The van der Waals surface area contributed by atoms with Gasteiger partial charge in [-0.15, -0.1) is 11.3 Å². The first-order chi connectivity index (χ1) is 11.0. The van der Waals surface area contributed by atoms with Gasteiger partial charge in [0.2, 0.25) is 0 Å². The van der Waals surface area contributed by atoms with E-state index in [0.717, 1.165) is 4.70 Å². The SMILES string of the molecule is CCCS(=O)(=O)c1cccc(-c2nc(=O)c3ccccc3s2)n1. The van der Waals surface area contributed by atoms with Gasteiger partial charge in [-0.05, 0) is 30.7 Å². The molecule has 3 rings (SSSR count). The second-order valence-corrected chi connectivity index (χ2v) is 8.09. The molecule has 0 saturated carbocycles. The quantitative estimate of drug-likeness (QED) is 0.726. The minimum atomic E-state index is -3.41. The van der Waals surface area contributed by atoms with Crippen LogP contribution in [-0.4, -0.2) is 24.1 Å². The number of pyridine rings is 1. The Kier molecular flexibility index (Phi) is 4.23.